The summed E-state index contributed by atoms with van der Waals surface area (Å²) in [5.41, 5.74) is 1.34. The molecule has 0 aliphatic carbocycles. The second kappa shape index (κ2) is 5.52. The molecular weight excluding hydrogens is 238 g/mol. The lowest BCUT2D eigenvalue weighted by Crippen LogP contribution is -2.28. The first-order valence-electron chi connectivity index (χ1n) is 5.15. The maximum atomic E-state index is 3.55. The molecule has 0 heterocycles. The fourth-order valence-electron chi connectivity index (χ4n) is 1.39. The summed E-state index contributed by atoms with van der Waals surface area (Å²) in [5.74, 6) is 0. The Morgan fingerprint density at radius 2 is 1.79 bits per heavy atom. The molecule has 1 rings (SSSR count). The van der Waals surface area contributed by atoms with E-state index in [1.54, 1.807) is 0 Å². The first kappa shape index (κ1) is 11.7. The molecule has 1 aromatic carbocycles. The maximum Gasteiger partial charge on any atom is 0.0294 e. The minimum Gasteiger partial charge on any atom is -0.308 e. The molecule has 0 saturated heterocycles. The summed E-state index contributed by atoms with van der Waals surface area (Å²) < 4.78 is 1.14. The Bertz CT molecular complexity index is 268. The Balaban J connectivity index is 2.60. The van der Waals surface area contributed by atoms with Gasteiger partial charge in [0.2, 0.25) is 0 Å². The van der Waals surface area contributed by atoms with Crippen molar-refractivity contribution in [2.24, 2.45) is 0 Å². The van der Waals surface area contributed by atoms with Crippen LogP contribution in [0.3, 0.4) is 0 Å². The van der Waals surface area contributed by atoms with Gasteiger partial charge in [0.15, 0.2) is 0 Å². The van der Waals surface area contributed by atoms with Crippen LogP contribution in [0.15, 0.2) is 28.7 Å². The number of halogens is 1. The van der Waals surface area contributed by atoms with Crippen molar-refractivity contribution in [2.75, 3.05) is 0 Å². The van der Waals surface area contributed by atoms with E-state index in [1.807, 2.05) is 0 Å². The van der Waals surface area contributed by atoms with Crippen LogP contribution >= 0.6 is 15.9 Å². The van der Waals surface area contributed by atoms with Crippen LogP contribution in [0.5, 0.6) is 0 Å². The van der Waals surface area contributed by atoms with E-state index in [9.17, 15) is 0 Å². The highest BCUT2D eigenvalue weighted by Crippen LogP contribution is 2.17. The van der Waals surface area contributed by atoms with Crippen molar-refractivity contribution < 1.29 is 0 Å². The van der Waals surface area contributed by atoms with Gasteiger partial charge in [-0.1, -0.05) is 35.0 Å². The lowest BCUT2D eigenvalue weighted by molar-refractivity contribution is 0.469. The molecule has 0 bridgehead atoms. The second-order valence-electron chi connectivity index (χ2n) is 3.75. The number of benzene rings is 1. The van der Waals surface area contributed by atoms with Crippen LogP contribution in [0.25, 0.3) is 0 Å². The molecular formula is C12H18BrN. The normalized spacial score (nSPS) is 15.1. The lowest BCUT2D eigenvalue weighted by Gasteiger charge is -2.19. The van der Waals surface area contributed by atoms with Gasteiger partial charge in [-0.15, -0.1) is 0 Å². The van der Waals surface area contributed by atoms with E-state index in [4.69, 9.17) is 0 Å². The number of nitrogens with one attached hydrogen (secondary N) is 1. The average molecular weight is 256 g/mol. The fraction of sp³-hybridized carbons (Fsp3) is 0.500. The zero-order valence-corrected chi connectivity index (χ0v) is 10.6. The smallest absolute Gasteiger partial charge is 0.0294 e. The molecule has 1 aromatic rings. The summed E-state index contributed by atoms with van der Waals surface area (Å²) in [7, 11) is 0. The van der Waals surface area contributed by atoms with Gasteiger partial charge in [-0.25, -0.2) is 0 Å². The van der Waals surface area contributed by atoms with Gasteiger partial charge >= 0.3 is 0 Å². The molecule has 78 valence electrons. The lowest BCUT2D eigenvalue weighted by atomic mass is 10.1. The SMILES string of the molecule is CC[C@H](C)N[C@@H](C)c1ccc(Br)cc1. The molecule has 0 unspecified atom stereocenters. The minimum atomic E-state index is 0.429. The second-order valence-corrected chi connectivity index (χ2v) is 4.66. The van der Waals surface area contributed by atoms with E-state index in [0.717, 1.165) is 4.47 Å². The largest absolute Gasteiger partial charge is 0.308 e. The van der Waals surface area contributed by atoms with Crippen LogP contribution in [0, 0.1) is 0 Å². The van der Waals surface area contributed by atoms with E-state index >= 15 is 0 Å². The van der Waals surface area contributed by atoms with Gasteiger partial charge < -0.3 is 5.32 Å². The van der Waals surface area contributed by atoms with Crippen LogP contribution in [-0.4, -0.2) is 6.04 Å². The Kier molecular flexibility index (Phi) is 4.63. The van der Waals surface area contributed by atoms with E-state index in [-0.39, 0.29) is 0 Å². The Hall–Kier alpha value is -0.340. The highest BCUT2D eigenvalue weighted by Gasteiger charge is 2.07. The van der Waals surface area contributed by atoms with Gasteiger partial charge in [-0.2, -0.15) is 0 Å². The van der Waals surface area contributed by atoms with E-state index in [1.165, 1.54) is 12.0 Å². The predicted molar refractivity (Wildman–Crippen MR) is 65.4 cm³/mol. The molecule has 0 saturated carbocycles. The molecule has 1 N–H and O–H groups in total. The van der Waals surface area contributed by atoms with Gasteiger partial charge in [0.1, 0.15) is 0 Å². The van der Waals surface area contributed by atoms with Crippen LogP contribution in [0.4, 0.5) is 0 Å². The van der Waals surface area contributed by atoms with Gasteiger partial charge in [0, 0.05) is 16.6 Å². The maximum absolute atomic E-state index is 3.55. The van der Waals surface area contributed by atoms with Crippen LogP contribution < -0.4 is 5.32 Å². The van der Waals surface area contributed by atoms with Crippen molar-refractivity contribution in [3.05, 3.63) is 34.3 Å². The molecule has 0 fully saturated rings. The predicted octanol–water partition coefficient (Wildman–Crippen LogP) is 3.90. The summed E-state index contributed by atoms with van der Waals surface area (Å²) in [6.45, 7) is 6.62. The highest BCUT2D eigenvalue weighted by molar-refractivity contribution is 9.10. The van der Waals surface area contributed by atoms with Crippen LogP contribution in [-0.2, 0) is 0 Å². The number of hydrogen-bond donors (Lipinski definition) is 1. The molecule has 14 heavy (non-hydrogen) atoms. The fourth-order valence-corrected chi connectivity index (χ4v) is 1.66. The van der Waals surface area contributed by atoms with Gasteiger partial charge in [-0.05, 0) is 38.0 Å². The molecule has 0 spiro atoms. The Morgan fingerprint density at radius 1 is 1.21 bits per heavy atom. The standard InChI is InChI=1S/C12H18BrN/c1-4-9(2)14-10(3)11-5-7-12(13)8-6-11/h5-10,14H,4H2,1-3H3/t9-,10-/m0/s1. The number of rotatable bonds is 4. The summed E-state index contributed by atoms with van der Waals surface area (Å²) in [5, 5.41) is 3.55. The Labute approximate surface area is 95.0 Å². The first-order valence-corrected chi connectivity index (χ1v) is 5.94. The highest BCUT2D eigenvalue weighted by atomic mass is 79.9. The minimum absolute atomic E-state index is 0.429. The van der Waals surface area contributed by atoms with Crippen molar-refractivity contribution >= 4 is 15.9 Å². The average Bonchev–Trinajstić information content (AvgIpc) is 2.18. The van der Waals surface area contributed by atoms with Gasteiger partial charge in [0.05, 0.1) is 0 Å². The van der Waals surface area contributed by atoms with Crippen LogP contribution in [0.2, 0.25) is 0 Å². The van der Waals surface area contributed by atoms with Crippen molar-refractivity contribution in [2.45, 2.75) is 39.3 Å². The zero-order valence-electron chi connectivity index (χ0n) is 9.05. The molecule has 0 radical (unpaired) electrons. The van der Waals surface area contributed by atoms with E-state index in [0.29, 0.717) is 12.1 Å². The van der Waals surface area contributed by atoms with Crippen molar-refractivity contribution in [3.63, 3.8) is 0 Å². The van der Waals surface area contributed by atoms with Crippen molar-refractivity contribution in [3.8, 4) is 0 Å². The van der Waals surface area contributed by atoms with Gasteiger partial charge in [0.25, 0.3) is 0 Å². The third-order valence-electron chi connectivity index (χ3n) is 2.52. The molecule has 2 atom stereocenters. The van der Waals surface area contributed by atoms with Crippen molar-refractivity contribution in [1.82, 2.24) is 5.32 Å². The summed E-state index contributed by atoms with van der Waals surface area (Å²) in [6, 6.07) is 9.49. The molecule has 0 aliphatic rings. The van der Waals surface area contributed by atoms with E-state index < -0.39 is 0 Å². The first-order chi connectivity index (χ1) is 6.63. The molecule has 0 aromatic heterocycles. The third-order valence-corrected chi connectivity index (χ3v) is 3.05. The quantitative estimate of drug-likeness (QED) is 0.861. The summed E-state index contributed by atoms with van der Waals surface area (Å²) >= 11 is 3.44. The topological polar surface area (TPSA) is 12.0 Å². The zero-order chi connectivity index (χ0) is 10.6. The molecule has 0 amide bonds. The monoisotopic (exact) mass is 255 g/mol. The molecule has 2 heteroatoms. The third kappa shape index (κ3) is 3.43. The van der Waals surface area contributed by atoms with Gasteiger partial charge in [-0.3, -0.25) is 0 Å². The summed E-state index contributed by atoms with van der Waals surface area (Å²) in [6.07, 6.45) is 1.17. The molecule has 0 aliphatic heterocycles. The summed E-state index contributed by atoms with van der Waals surface area (Å²) in [4.78, 5) is 0. The Morgan fingerprint density at radius 3 is 2.29 bits per heavy atom. The van der Waals surface area contributed by atoms with Crippen molar-refractivity contribution in [1.29, 1.82) is 0 Å². The molecule has 1 nitrogen and oxygen atoms in total. The van der Waals surface area contributed by atoms with E-state index in [2.05, 4.69) is 66.3 Å². The number of hydrogen-bond acceptors (Lipinski definition) is 1. The van der Waals surface area contributed by atoms with Crippen LogP contribution in [0.1, 0.15) is 38.8 Å².